The van der Waals surface area contributed by atoms with Gasteiger partial charge in [-0.15, -0.1) is 11.3 Å². The summed E-state index contributed by atoms with van der Waals surface area (Å²) in [6.07, 6.45) is 0.979. The summed E-state index contributed by atoms with van der Waals surface area (Å²) in [6.45, 7) is 1.58. The minimum Gasteiger partial charge on any atom is -0.466 e. The summed E-state index contributed by atoms with van der Waals surface area (Å²) >= 11 is 1.35. The Kier molecular flexibility index (Phi) is 7.57. The summed E-state index contributed by atoms with van der Waals surface area (Å²) in [5.41, 5.74) is 0.580. The van der Waals surface area contributed by atoms with Crippen molar-refractivity contribution in [3.8, 4) is 0 Å². The topological polar surface area (TPSA) is 96.4 Å². The summed E-state index contributed by atoms with van der Waals surface area (Å²) in [5.74, 6) is -3.94. The summed E-state index contributed by atoms with van der Waals surface area (Å²) < 4.78 is 38.7. The first kappa shape index (κ1) is 24.2. The number of methoxy groups -OCH3 is 1. The summed E-state index contributed by atoms with van der Waals surface area (Å²) in [5, 5.41) is 5.44. The van der Waals surface area contributed by atoms with Gasteiger partial charge in [-0.1, -0.05) is 0 Å². The zero-order chi connectivity index (χ0) is 23.5. The highest BCUT2D eigenvalue weighted by molar-refractivity contribution is 7.11. The minimum absolute atomic E-state index is 0.0950. The van der Waals surface area contributed by atoms with Crippen molar-refractivity contribution < 1.29 is 27.8 Å². The Morgan fingerprint density at radius 2 is 2.16 bits per heavy atom. The maximum Gasteiger partial charge on any atom is 0.337 e. The van der Waals surface area contributed by atoms with Crippen molar-refractivity contribution in [3.05, 3.63) is 27.9 Å². The van der Waals surface area contributed by atoms with Crippen LogP contribution in [0.2, 0.25) is 0 Å². The van der Waals surface area contributed by atoms with Crippen LogP contribution < -0.4 is 5.32 Å². The van der Waals surface area contributed by atoms with Gasteiger partial charge in [0.15, 0.2) is 10.8 Å². The van der Waals surface area contributed by atoms with E-state index in [1.165, 1.54) is 23.3 Å². The smallest absolute Gasteiger partial charge is 0.337 e. The number of amidine groups is 1. The van der Waals surface area contributed by atoms with Crippen LogP contribution in [-0.2, 0) is 19.1 Å². The van der Waals surface area contributed by atoms with Gasteiger partial charge in [0.25, 0.3) is 5.92 Å². The molecule has 2 aliphatic heterocycles. The molecule has 32 heavy (non-hydrogen) atoms. The number of hydrogen-bond donors (Lipinski definition) is 1. The number of ether oxygens (including phenoxy) is 2. The van der Waals surface area contributed by atoms with Gasteiger partial charge >= 0.3 is 11.9 Å². The normalized spacial score (nSPS) is 23.2. The van der Waals surface area contributed by atoms with E-state index in [-0.39, 0.29) is 18.7 Å². The number of alkyl halides is 2. The van der Waals surface area contributed by atoms with Crippen LogP contribution in [0.5, 0.6) is 0 Å². The lowest BCUT2D eigenvalue weighted by Gasteiger charge is -2.29. The molecule has 0 amide bonds. The third-order valence-electron chi connectivity index (χ3n) is 5.16. The van der Waals surface area contributed by atoms with E-state index >= 15 is 0 Å². The minimum atomic E-state index is -3.05. The molecule has 1 aromatic heterocycles. The maximum absolute atomic E-state index is 14.3. The second kappa shape index (κ2) is 10.0. The first-order valence-corrected chi connectivity index (χ1v) is 11.0. The van der Waals surface area contributed by atoms with Crippen LogP contribution in [0.3, 0.4) is 0 Å². The van der Waals surface area contributed by atoms with Crippen LogP contribution in [0.4, 0.5) is 8.78 Å². The number of aliphatic imine (C=N–C) groups is 1. The molecule has 3 rings (SSSR count). The van der Waals surface area contributed by atoms with Gasteiger partial charge in [0.1, 0.15) is 12.6 Å². The first-order chi connectivity index (χ1) is 15.1. The number of likely N-dealkylation sites (N-methyl/N-ethyl adjacent to an activating group) is 1. The van der Waals surface area contributed by atoms with Gasteiger partial charge in [-0.05, 0) is 21.0 Å². The van der Waals surface area contributed by atoms with Gasteiger partial charge in [-0.2, -0.15) is 0 Å². The van der Waals surface area contributed by atoms with Crippen LogP contribution in [-0.4, -0.2) is 98.0 Å². The molecular weight excluding hydrogens is 444 g/mol. The third-order valence-corrected chi connectivity index (χ3v) is 5.94. The number of halogens is 2. The highest BCUT2D eigenvalue weighted by Gasteiger charge is 2.49. The van der Waals surface area contributed by atoms with Crippen LogP contribution in [0.25, 0.3) is 0 Å². The molecule has 176 valence electrons. The molecule has 0 spiro atoms. The van der Waals surface area contributed by atoms with E-state index in [4.69, 9.17) is 9.47 Å². The molecule has 0 aromatic carbocycles. The molecule has 2 aliphatic rings. The van der Waals surface area contributed by atoms with E-state index in [1.54, 1.807) is 18.5 Å². The van der Waals surface area contributed by atoms with Gasteiger partial charge in [0.05, 0.1) is 25.3 Å². The lowest BCUT2D eigenvalue weighted by atomic mass is 10.0. The van der Waals surface area contributed by atoms with E-state index in [0.717, 1.165) is 0 Å². The van der Waals surface area contributed by atoms with Crippen molar-refractivity contribution >= 4 is 29.1 Å². The quantitative estimate of drug-likeness (QED) is 0.564. The number of carbonyl (C=O) groups excluding carboxylic acids is 2. The van der Waals surface area contributed by atoms with Crippen molar-refractivity contribution in [2.75, 3.05) is 47.4 Å². The molecule has 12 heteroatoms. The molecule has 1 fully saturated rings. The average Bonchev–Trinajstić information content (AvgIpc) is 3.34. The fourth-order valence-electron chi connectivity index (χ4n) is 3.64. The van der Waals surface area contributed by atoms with Gasteiger partial charge < -0.3 is 19.7 Å². The Morgan fingerprint density at radius 1 is 1.41 bits per heavy atom. The fourth-order valence-corrected chi connectivity index (χ4v) is 4.23. The number of likely N-dealkylation sites (tertiary alicyclic amines) is 1. The lowest BCUT2D eigenvalue weighted by molar-refractivity contribution is -0.149. The van der Waals surface area contributed by atoms with Crippen LogP contribution in [0.1, 0.15) is 18.4 Å². The van der Waals surface area contributed by atoms with Crippen molar-refractivity contribution in [1.29, 1.82) is 0 Å². The first-order valence-electron chi connectivity index (χ1n) is 10.1. The Morgan fingerprint density at radius 3 is 2.78 bits per heavy atom. The molecule has 0 aliphatic carbocycles. The molecular formula is C20H27F2N5O4S. The molecule has 0 saturated carbocycles. The zero-order valence-corrected chi connectivity index (χ0v) is 19.2. The summed E-state index contributed by atoms with van der Waals surface area (Å²) in [4.78, 5) is 36.9. The molecule has 9 nitrogen and oxygen atoms in total. The number of rotatable bonds is 8. The number of thiazole rings is 1. The van der Waals surface area contributed by atoms with Gasteiger partial charge in [0.2, 0.25) is 0 Å². The van der Waals surface area contributed by atoms with Gasteiger partial charge in [-0.3, -0.25) is 14.7 Å². The maximum atomic E-state index is 14.3. The Balaban J connectivity index is 1.84. The molecule has 1 saturated heterocycles. The van der Waals surface area contributed by atoms with E-state index in [0.29, 0.717) is 23.1 Å². The molecule has 0 radical (unpaired) electrons. The number of hydrogen-bond acceptors (Lipinski definition) is 10. The highest BCUT2D eigenvalue weighted by atomic mass is 32.1. The number of carbonyl (C=O) groups is 2. The molecule has 3 heterocycles. The van der Waals surface area contributed by atoms with E-state index in [1.807, 2.05) is 19.0 Å². The third kappa shape index (κ3) is 5.67. The average molecular weight is 472 g/mol. The Bertz CT molecular complexity index is 904. The predicted molar refractivity (Wildman–Crippen MR) is 115 cm³/mol. The second-order valence-electron chi connectivity index (χ2n) is 7.95. The van der Waals surface area contributed by atoms with Gasteiger partial charge in [-0.25, -0.2) is 18.6 Å². The molecule has 0 bridgehead atoms. The summed E-state index contributed by atoms with van der Waals surface area (Å²) in [6, 6.07) is -1.70. The molecule has 2 atom stereocenters. The number of aromatic nitrogens is 1. The Labute approximate surface area is 189 Å². The standard InChI is InChI=1S/C20H27F2N5O4S/c1-12-15(19(29)30-4)13(25-16(24-12)17-23-5-8-32-17)10-27-11-20(21,22)9-14(27)18(28)31-7-6-26(2)3/h5,8,12,14H,6-7,9-11H2,1-4H3,(H,24,25). The number of nitrogens with one attached hydrogen (secondary N) is 1. The molecule has 1 N–H and O–H groups in total. The van der Waals surface area contributed by atoms with E-state index < -0.39 is 42.9 Å². The van der Waals surface area contributed by atoms with Crippen LogP contribution in [0.15, 0.2) is 27.8 Å². The van der Waals surface area contributed by atoms with E-state index in [2.05, 4.69) is 15.3 Å². The van der Waals surface area contributed by atoms with Crippen LogP contribution >= 0.6 is 11.3 Å². The largest absolute Gasteiger partial charge is 0.466 e. The number of nitrogens with zero attached hydrogens (tertiary/aromatic N) is 4. The van der Waals surface area contributed by atoms with Crippen LogP contribution in [0, 0.1) is 0 Å². The SMILES string of the molecule is COC(=O)C1=C(CN2CC(F)(F)CC2C(=O)OCCN(C)C)NC(c2nccs2)=NC1C. The van der Waals surface area contributed by atoms with Crippen molar-refractivity contribution in [2.24, 2.45) is 4.99 Å². The number of esters is 2. The Hall–Kier alpha value is -2.44. The van der Waals surface area contributed by atoms with Crippen molar-refractivity contribution in [3.63, 3.8) is 0 Å². The van der Waals surface area contributed by atoms with Gasteiger partial charge in [0, 0.05) is 36.8 Å². The molecule has 2 unspecified atom stereocenters. The second-order valence-corrected chi connectivity index (χ2v) is 8.85. The lowest BCUT2D eigenvalue weighted by Crippen LogP contribution is -2.44. The fraction of sp³-hybridized carbons (Fsp3) is 0.600. The zero-order valence-electron chi connectivity index (χ0n) is 18.4. The van der Waals surface area contributed by atoms with E-state index in [9.17, 15) is 18.4 Å². The highest BCUT2D eigenvalue weighted by Crippen LogP contribution is 2.34. The molecule has 1 aromatic rings. The van der Waals surface area contributed by atoms with Crippen molar-refractivity contribution in [1.82, 2.24) is 20.1 Å². The van der Waals surface area contributed by atoms with Crippen molar-refractivity contribution in [2.45, 2.75) is 31.4 Å². The predicted octanol–water partition coefficient (Wildman–Crippen LogP) is 1.12. The monoisotopic (exact) mass is 471 g/mol. The summed E-state index contributed by atoms with van der Waals surface area (Å²) in [7, 11) is 4.89.